The first kappa shape index (κ1) is 10.0. The first-order valence-corrected chi connectivity index (χ1v) is 5.54. The van der Waals surface area contributed by atoms with E-state index in [4.69, 9.17) is 11.6 Å². The van der Waals surface area contributed by atoms with Gasteiger partial charge in [0.05, 0.1) is 0 Å². The van der Waals surface area contributed by atoms with Crippen molar-refractivity contribution in [1.29, 1.82) is 0 Å². The molecular weight excluding hydrogens is 194 g/mol. The summed E-state index contributed by atoms with van der Waals surface area (Å²) in [6, 6.07) is 8.20. The highest BCUT2D eigenvalue weighted by molar-refractivity contribution is 6.30. The Hall–Kier alpha value is -0.530. The van der Waals surface area contributed by atoms with E-state index in [-0.39, 0.29) is 5.54 Å². The second-order valence-electron chi connectivity index (χ2n) is 4.31. The van der Waals surface area contributed by atoms with Gasteiger partial charge in [-0.3, -0.25) is 0 Å². The van der Waals surface area contributed by atoms with Crippen LogP contribution in [0.15, 0.2) is 24.3 Å². The van der Waals surface area contributed by atoms with Crippen molar-refractivity contribution in [3.8, 4) is 0 Å². The molecule has 1 heterocycles. The lowest BCUT2D eigenvalue weighted by Crippen LogP contribution is -2.57. The van der Waals surface area contributed by atoms with Gasteiger partial charge in [-0.15, -0.1) is 0 Å². The predicted octanol–water partition coefficient (Wildman–Crippen LogP) is 3.18. The van der Waals surface area contributed by atoms with Crippen molar-refractivity contribution in [2.75, 3.05) is 6.54 Å². The topological polar surface area (TPSA) is 12.0 Å². The fourth-order valence-electron chi connectivity index (χ4n) is 2.23. The van der Waals surface area contributed by atoms with Crippen molar-refractivity contribution in [3.05, 3.63) is 34.9 Å². The van der Waals surface area contributed by atoms with Gasteiger partial charge >= 0.3 is 0 Å². The Kier molecular flexibility index (Phi) is 2.54. The standard InChI is InChI=1S/C12H16ClN/c1-9(2)12(6-7-14-12)10-4-3-5-11(13)8-10/h3-5,8-9,14H,6-7H2,1-2H3. The second kappa shape index (κ2) is 3.56. The smallest absolute Gasteiger partial charge is 0.0470 e. The van der Waals surface area contributed by atoms with E-state index in [0.717, 1.165) is 11.6 Å². The molecule has 0 radical (unpaired) electrons. The van der Waals surface area contributed by atoms with Crippen LogP contribution in [-0.4, -0.2) is 6.54 Å². The molecule has 2 heteroatoms. The van der Waals surface area contributed by atoms with E-state index in [1.54, 1.807) is 0 Å². The van der Waals surface area contributed by atoms with E-state index >= 15 is 0 Å². The molecule has 1 atom stereocenters. The van der Waals surface area contributed by atoms with Gasteiger partial charge in [0, 0.05) is 10.6 Å². The van der Waals surface area contributed by atoms with Gasteiger partial charge < -0.3 is 5.32 Å². The average molecular weight is 210 g/mol. The van der Waals surface area contributed by atoms with Crippen LogP contribution in [0.3, 0.4) is 0 Å². The molecule has 0 spiro atoms. The Labute approximate surface area is 90.5 Å². The number of benzene rings is 1. The highest BCUT2D eigenvalue weighted by Gasteiger charge is 2.40. The van der Waals surface area contributed by atoms with Crippen molar-refractivity contribution in [3.63, 3.8) is 0 Å². The van der Waals surface area contributed by atoms with Crippen LogP contribution >= 0.6 is 11.6 Å². The fourth-order valence-corrected chi connectivity index (χ4v) is 2.42. The molecule has 1 aromatic rings. The monoisotopic (exact) mass is 209 g/mol. The van der Waals surface area contributed by atoms with Crippen LogP contribution in [0.4, 0.5) is 0 Å². The van der Waals surface area contributed by atoms with Gasteiger partial charge in [-0.25, -0.2) is 0 Å². The number of halogens is 1. The molecule has 2 rings (SSSR count). The third kappa shape index (κ3) is 1.45. The number of hydrogen-bond donors (Lipinski definition) is 1. The molecule has 0 aliphatic carbocycles. The summed E-state index contributed by atoms with van der Waals surface area (Å²) in [5, 5.41) is 4.37. The Morgan fingerprint density at radius 2 is 2.14 bits per heavy atom. The Balaban J connectivity index is 2.37. The summed E-state index contributed by atoms with van der Waals surface area (Å²) >= 11 is 6.01. The molecule has 1 nitrogen and oxygen atoms in total. The largest absolute Gasteiger partial charge is 0.307 e. The summed E-state index contributed by atoms with van der Waals surface area (Å²) in [5.41, 5.74) is 1.50. The minimum absolute atomic E-state index is 0.172. The lowest BCUT2D eigenvalue weighted by atomic mass is 9.72. The van der Waals surface area contributed by atoms with Crippen LogP contribution in [0.1, 0.15) is 25.8 Å². The third-order valence-corrected chi connectivity index (χ3v) is 3.52. The maximum absolute atomic E-state index is 6.01. The van der Waals surface area contributed by atoms with Gasteiger partial charge in [-0.2, -0.15) is 0 Å². The number of hydrogen-bond acceptors (Lipinski definition) is 1. The molecule has 1 N–H and O–H groups in total. The van der Waals surface area contributed by atoms with Gasteiger partial charge in [-0.05, 0) is 36.6 Å². The van der Waals surface area contributed by atoms with E-state index in [1.165, 1.54) is 12.0 Å². The molecule has 1 aliphatic rings. The lowest BCUT2D eigenvalue weighted by Gasteiger charge is -2.47. The summed E-state index contributed by atoms with van der Waals surface area (Å²) < 4.78 is 0. The van der Waals surface area contributed by atoms with Gasteiger partial charge in [0.2, 0.25) is 0 Å². The average Bonchev–Trinajstić information content (AvgIpc) is 2.00. The zero-order valence-electron chi connectivity index (χ0n) is 8.68. The van der Waals surface area contributed by atoms with Crippen LogP contribution < -0.4 is 5.32 Å². The van der Waals surface area contributed by atoms with Crippen molar-refractivity contribution >= 4 is 11.6 Å². The summed E-state index contributed by atoms with van der Waals surface area (Å²) in [6.45, 7) is 5.63. The third-order valence-electron chi connectivity index (χ3n) is 3.29. The molecule has 0 aromatic heterocycles. The van der Waals surface area contributed by atoms with Crippen LogP contribution in [0.5, 0.6) is 0 Å². The lowest BCUT2D eigenvalue weighted by molar-refractivity contribution is 0.139. The van der Waals surface area contributed by atoms with Gasteiger partial charge in [0.15, 0.2) is 0 Å². The zero-order valence-corrected chi connectivity index (χ0v) is 9.43. The second-order valence-corrected chi connectivity index (χ2v) is 4.75. The van der Waals surface area contributed by atoms with Gasteiger partial charge in [0.25, 0.3) is 0 Å². The highest BCUT2D eigenvalue weighted by atomic mass is 35.5. The minimum Gasteiger partial charge on any atom is -0.307 e. The van der Waals surface area contributed by atoms with Crippen LogP contribution in [0.25, 0.3) is 0 Å². The Bertz CT molecular complexity index is 329. The first-order chi connectivity index (χ1) is 6.65. The van der Waals surface area contributed by atoms with Crippen molar-refractivity contribution in [1.82, 2.24) is 5.32 Å². The normalized spacial score (nSPS) is 26.3. The summed E-state index contributed by atoms with van der Waals surface area (Å²) in [7, 11) is 0. The van der Waals surface area contributed by atoms with E-state index in [2.05, 4.69) is 31.3 Å². The van der Waals surface area contributed by atoms with Crippen LogP contribution in [-0.2, 0) is 5.54 Å². The number of rotatable bonds is 2. The van der Waals surface area contributed by atoms with E-state index in [0.29, 0.717) is 5.92 Å². The van der Waals surface area contributed by atoms with Crippen LogP contribution in [0, 0.1) is 5.92 Å². The van der Waals surface area contributed by atoms with Crippen molar-refractivity contribution in [2.24, 2.45) is 5.92 Å². The molecule has 76 valence electrons. The molecule has 0 saturated carbocycles. The van der Waals surface area contributed by atoms with E-state index in [9.17, 15) is 0 Å². The number of nitrogens with one attached hydrogen (secondary N) is 1. The minimum atomic E-state index is 0.172. The van der Waals surface area contributed by atoms with Crippen molar-refractivity contribution in [2.45, 2.75) is 25.8 Å². The molecule has 0 bridgehead atoms. The van der Waals surface area contributed by atoms with E-state index < -0.39 is 0 Å². The fraction of sp³-hybridized carbons (Fsp3) is 0.500. The predicted molar refractivity (Wildman–Crippen MR) is 60.6 cm³/mol. The maximum Gasteiger partial charge on any atom is 0.0470 e. The maximum atomic E-state index is 6.01. The summed E-state index contributed by atoms with van der Waals surface area (Å²) in [6.07, 6.45) is 1.21. The van der Waals surface area contributed by atoms with Gasteiger partial charge in [0.1, 0.15) is 0 Å². The first-order valence-electron chi connectivity index (χ1n) is 5.16. The van der Waals surface area contributed by atoms with Crippen LogP contribution in [0.2, 0.25) is 5.02 Å². The molecule has 1 aliphatic heterocycles. The molecule has 1 fully saturated rings. The molecule has 0 amide bonds. The zero-order chi connectivity index (χ0) is 10.2. The molecule has 14 heavy (non-hydrogen) atoms. The molecule has 1 unspecified atom stereocenters. The molecular formula is C12H16ClN. The molecule has 1 saturated heterocycles. The highest BCUT2D eigenvalue weighted by Crippen LogP contribution is 2.38. The van der Waals surface area contributed by atoms with E-state index in [1.807, 2.05) is 12.1 Å². The Morgan fingerprint density at radius 3 is 2.57 bits per heavy atom. The Morgan fingerprint density at radius 1 is 1.43 bits per heavy atom. The molecule has 1 aromatic carbocycles. The van der Waals surface area contributed by atoms with Gasteiger partial charge in [-0.1, -0.05) is 37.6 Å². The SMILES string of the molecule is CC(C)C1(c2cccc(Cl)c2)CCN1. The quantitative estimate of drug-likeness (QED) is 0.789. The summed E-state index contributed by atoms with van der Waals surface area (Å²) in [5.74, 6) is 0.606. The van der Waals surface area contributed by atoms with Crippen molar-refractivity contribution < 1.29 is 0 Å². The summed E-state index contributed by atoms with van der Waals surface area (Å²) in [4.78, 5) is 0.